The predicted octanol–water partition coefficient (Wildman–Crippen LogP) is 7.80. The summed E-state index contributed by atoms with van der Waals surface area (Å²) in [7, 11) is 0. The number of aromatic nitrogens is 1. The minimum Gasteiger partial charge on any atom is -0.494 e. The fourth-order valence-corrected chi connectivity index (χ4v) is 3.60. The highest BCUT2D eigenvalue weighted by atomic mass is 16.5. The normalized spacial score (nSPS) is 11.6. The van der Waals surface area contributed by atoms with E-state index in [0.29, 0.717) is 30.3 Å². The quantitative estimate of drug-likeness (QED) is 0.154. The van der Waals surface area contributed by atoms with Crippen LogP contribution in [0, 0.1) is 5.92 Å². The molecule has 6 heteroatoms. The molecule has 6 nitrogen and oxygen atoms in total. The van der Waals surface area contributed by atoms with E-state index in [1.807, 2.05) is 13.8 Å². The summed E-state index contributed by atoms with van der Waals surface area (Å²) in [6.45, 7) is 7.36. The van der Waals surface area contributed by atoms with E-state index in [1.165, 1.54) is 70.1 Å². The van der Waals surface area contributed by atoms with E-state index in [0.717, 1.165) is 18.6 Å². The molecule has 2 aromatic rings. The van der Waals surface area contributed by atoms with Crippen LogP contribution in [0.15, 0.2) is 42.6 Å². The van der Waals surface area contributed by atoms with Crippen molar-refractivity contribution in [3.63, 3.8) is 0 Å². The molecule has 0 fully saturated rings. The Labute approximate surface area is 216 Å². The number of pyridine rings is 1. The van der Waals surface area contributed by atoms with Gasteiger partial charge in [0.05, 0.1) is 24.3 Å². The Morgan fingerprint density at radius 2 is 1.39 bits per heavy atom. The van der Waals surface area contributed by atoms with Gasteiger partial charge < -0.3 is 14.2 Å². The van der Waals surface area contributed by atoms with Crippen molar-refractivity contribution < 1.29 is 23.8 Å². The summed E-state index contributed by atoms with van der Waals surface area (Å²) in [5.41, 5.74) is 0.724. The van der Waals surface area contributed by atoms with Crippen molar-refractivity contribution in [2.75, 3.05) is 13.2 Å². The fraction of sp³-hybridized carbons (Fsp3) is 0.567. The Kier molecular flexibility index (Phi) is 14.3. The molecule has 198 valence electrons. The number of ether oxygens (including phenoxy) is 3. The molecular formula is C30H43NO5. The van der Waals surface area contributed by atoms with Crippen molar-refractivity contribution in [1.82, 2.24) is 4.98 Å². The van der Waals surface area contributed by atoms with Crippen molar-refractivity contribution >= 4 is 11.9 Å². The van der Waals surface area contributed by atoms with Crippen LogP contribution in [0.3, 0.4) is 0 Å². The molecule has 0 radical (unpaired) electrons. The number of hydrogen-bond donors (Lipinski definition) is 0. The number of hydrogen-bond acceptors (Lipinski definition) is 6. The monoisotopic (exact) mass is 497 g/mol. The lowest BCUT2D eigenvalue weighted by Gasteiger charge is -2.10. The van der Waals surface area contributed by atoms with Gasteiger partial charge in [-0.1, -0.05) is 85.0 Å². The standard InChI is InChI=1S/C30H43NO5/c1-4-6-7-8-9-10-11-12-13-14-21-34-27-18-15-25(16-19-27)30(33)36-28-20-17-26(22-31-28)29(32)35-23-24(3)5-2/h15-20,22,24H,4-14,21,23H2,1-3H3/t24-/m0/s1. The van der Waals surface area contributed by atoms with Crippen LogP contribution >= 0.6 is 0 Å². The highest BCUT2D eigenvalue weighted by molar-refractivity contribution is 5.91. The zero-order valence-electron chi connectivity index (χ0n) is 22.3. The molecule has 0 amide bonds. The lowest BCUT2D eigenvalue weighted by Crippen LogP contribution is -2.13. The van der Waals surface area contributed by atoms with Gasteiger partial charge in [-0.25, -0.2) is 14.6 Å². The summed E-state index contributed by atoms with van der Waals surface area (Å²) >= 11 is 0. The lowest BCUT2D eigenvalue weighted by molar-refractivity contribution is 0.0446. The highest BCUT2D eigenvalue weighted by Gasteiger charge is 2.13. The minimum atomic E-state index is -0.518. The molecule has 0 spiro atoms. The van der Waals surface area contributed by atoms with Gasteiger partial charge in [-0.3, -0.25) is 0 Å². The zero-order valence-corrected chi connectivity index (χ0v) is 22.3. The SMILES string of the molecule is CCCCCCCCCCCCOc1ccc(C(=O)Oc2ccc(C(=O)OC[C@@H](C)CC)cn2)cc1. The first-order chi connectivity index (χ1) is 17.5. The van der Waals surface area contributed by atoms with Gasteiger partial charge in [-0.2, -0.15) is 0 Å². The van der Waals surface area contributed by atoms with Crippen molar-refractivity contribution in [2.24, 2.45) is 5.92 Å². The van der Waals surface area contributed by atoms with Crippen LogP contribution in [0.1, 0.15) is 112 Å². The van der Waals surface area contributed by atoms with E-state index in [2.05, 4.69) is 11.9 Å². The molecule has 1 aromatic carbocycles. The second kappa shape index (κ2) is 17.5. The van der Waals surface area contributed by atoms with E-state index >= 15 is 0 Å². The van der Waals surface area contributed by atoms with Crippen LogP contribution in [0.2, 0.25) is 0 Å². The molecule has 36 heavy (non-hydrogen) atoms. The van der Waals surface area contributed by atoms with Gasteiger partial charge in [0.1, 0.15) is 5.75 Å². The second-order valence-corrected chi connectivity index (χ2v) is 9.44. The average Bonchev–Trinajstić information content (AvgIpc) is 2.90. The number of esters is 2. The number of unbranched alkanes of at least 4 members (excludes halogenated alkanes) is 9. The highest BCUT2D eigenvalue weighted by Crippen LogP contribution is 2.17. The third kappa shape index (κ3) is 11.7. The molecular weight excluding hydrogens is 454 g/mol. The maximum atomic E-state index is 12.4. The summed E-state index contributed by atoms with van der Waals surface area (Å²) in [4.78, 5) is 28.5. The van der Waals surface area contributed by atoms with Gasteiger partial charge in [0.2, 0.25) is 5.88 Å². The second-order valence-electron chi connectivity index (χ2n) is 9.44. The van der Waals surface area contributed by atoms with Gasteiger partial charge in [-0.15, -0.1) is 0 Å². The van der Waals surface area contributed by atoms with E-state index in [-0.39, 0.29) is 5.88 Å². The average molecular weight is 498 g/mol. The van der Waals surface area contributed by atoms with Crippen LogP contribution in [0.25, 0.3) is 0 Å². The van der Waals surface area contributed by atoms with Crippen LogP contribution in [0.5, 0.6) is 11.6 Å². The van der Waals surface area contributed by atoms with Gasteiger partial charge >= 0.3 is 11.9 Å². The van der Waals surface area contributed by atoms with Crippen LogP contribution in [0.4, 0.5) is 0 Å². The molecule has 0 aliphatic rings. The van der Waals surface area contributed by atoms with E-state index in [1.54, 1.807) is 30.3 Å². The number of carbonyl (C=O) groups is 2. The summed E-state index contributed by atoms with van der Waals surface area (Å²) in [6.07, 6.45) is 15.2. The zero-order chi connectivity index (χ0) is 26.0. The maximum Gasteiger partial charge on any atom is 0.344 e. The Hall–Kier alpha value is -2.89. The number of nitrogens with zero attached hydrogens (tertiary/aromatic N) is 1. The first-order valence-electron chi connectivity index (χ1n) is 13.6. The molecule has 0 saturated carbocycles. The Balaban J connectivity index is 1.64. The third-order valence-corrected chi connectivity index (χ3v) is 6.22. The molecule has 1 atom stereocenters. The van der Waals surface area contributed by atoms with Crippen LogP contribution in [-0.2, 0) is 4.74 Å². The van der Waals surface area contributed by atoms with Gasteiger partial charge in [0.25, 0.3) is 0 Å². The molecule has 2 rings (SSSR count). The van der Waals surface area contributed by atoms with Crippen molar-refractivity contribution in [3.05, 3.63) is 53.7 Å². The molecule has 0 saturated heterocycles. The summed E-state index contributed by atoms with van der Waals surface area (Å²) in [6, 6.07) is 9.93. The third-order valence-electron chi connectivity index (χ3n) is 6.22. The fourth-order valence-electron chi connectivity index (χ4n) is 3.60. The lowest BCUT2D eigenvalue weighted by atomic mass is 10.1. The first kappa shape index (κ1) is 29.3. The largest absolute Gasteiger partial charge is 0.494 e. The van der Waals surface area contributed by atoms with Crippen molar-refractivity contribution in [1.29, 1.82) is 0 Å². The molecule has 0 aliphatic carbocycles. The molecule has 1 aromatic heterocycles. The molecule has 0 aliphatic heterocycles. The molecule has 0 unspecified atom stereocenters. The summed E-state index contributed by atoms with van der Waals surface area (Å²) in [5, 5.41) is 0. The van der Waals surface area contributed by atoms with Gasteiger partial charge in [0, 0.05) is 12.3 Å². The smallest absolute Gasteiger partial charge is 0.344 e. The summed E-state index contributed by atoms with van der Waals surface area (Å²) in [5.74, 6) is 0.212. The minimum absolute atomic E-state index is 0.125. The van der Waals surface area contributed by atoms with Crippen molar-refractivity contribution in [2.45, 2.75) is 91.4 Å². The number of benzene rings is 1. The summed E-state index contributed by atoms with van der Waals surface area (Å²) < 4.78 is 16.4. The predicted molar refractivity (Wildman–Crippen MR) is 143 cm³/mol. The van der Waals surface area contributed by atoms with Crippen LogP contribution < -0.4 is 9.47 Å². The topological polar surface area (TPSA) is 74.7 Å². The molecule has 0 N–H and O–H groups in total. The van der Waals surface area contributed by atoms with Gasteiger partial charge in [0.15, 0.2) is 0 Å². The first-order valence-corrected chi connectivity index (χ1v) is 13.6. The van der Waals surface area contributed by atoms with E-state index < -0.39 is 11.9 Å². The number of rotatable bonds is 18. The molecule has 0 bridgehead atoms. The van der Waals surface area contributed by atoms with Crippen molar-refractivity contribution in [3.8, 4) is 11.6 Å². The van der Waals surface area contributed by atoms with E-state index in [9.17, 15) is 9.59 Å². The molecule has 1 heterocycles. The van der Waals surface area contributed by atoms with E-state index in [4.69, 9.17) is 14.2 Å². The Bertz CT molecular complexity index is 879. The Morgan fingerprint density at radius 3 is 1.97 bits per heavy atom. The number of carbonyl (C=O) groups excluding carboxylic acids is 2. The van der Waals surface area contributed by atoms with Crippen LogP contribution in [-0.4, -0.2) is 30.1 Å². The van der Waals surface area contributed by atoms with Gasteiger partial charge in [-0.05, 0) is 42.7 Å². The Morgan fingerprint density at radius 1 is 0.778 bits per heavy atom. The maximum absolute atomic E-state index is 12.4.